The van der Waals surface area contributed by atoms with E-state index in [1.54, 1.807) is 11.8 Å². The molecule has 1 N–H and O–H groups in total. The van der Waals surface area contributed by atoms with E-state index in [2.05, 4.69) is 38.3 Å². The Labute approximate surface area is 145 Å². The van der Waals surface area contributed by atoms with Crippen molar-refractivity contribution < 1.29 is 4.79 Å². The van der Waals surface area contributed by atoms with Crippen LogP contribution in [-0.4, -0.2) is 42.9 Å². The van der Waals surface area contributed by atoms with Crippen molar-refractivity contribution in [1.29, 1.82) is 0 Å². The molecule has 0 aromatic carbocycles. The van der Waals surface area contributed by atoms with Gasteiger partial charge in [0.25, 0.3) is 0 Å². The largest absolute Gasteiger partial charge is 0.351 e. The fourth-order valence-electron chi connectivity index (χ4n) is 2.70. The normalized spacial score (nSPS) is 14.4. The molecule has 7 nitrogen and oxygen atoms in total. The molecule has 0 spiro atoms. The number of thioether (sulfide) groups is 1. The van der Waals surface area contributed by atoms with Gasteiger partial charge in [-0.2, -0.15) is 5.10 Å². The molecule has 2 aromatic heterocycles. The van der Waals surface area contributed by atoms with Crippen LogP contribution >= 0.6 is 11.8 Å². The van der Waals surface area contributed by atoms with Gasteiger partial charge >= 0.3 is 0 Å². The molecule has 0 saturated carbocycles. The number of amides is 1. The van der Waals surface area contributed by atoms with Gasteiger partial charge in [-0.05, 0) is 11.8 Å². The Kier molecular flexibility index (Phi) is 5.47. The van der Waals surface area contributed by atoms with Gasteiger partial charge in [0.05, 0.1) is 24.5 Å². The smallest absolute Gasteiger partial charge is 0.217 e. The number of carbonyl (C=O) groups excluding carboxylic acids is 1. The summed E-state index contributed by atoms with van der Waals surface area (Å²) in [7, 11) is 0. The molecule has 0 saturated heterocycles. The number of carbonyl (C=O) groups is 1. The first-order valence-electron chi connectivity index (χ1n) is 8.10. The molecule has 2 aromatic rings. The average molecular weight is 346 g/mol. The lowest BCUT2D eigenvalue weighted by atomic mass is 10.2. The van der Waals surface area contributed by atoms with Crippen LogP contribution in [0.4, 0.5) is 0 Å². The molecule has 24 heavy (non-hydrogen) atoms. The Balaban J connectivity index is 1.59. The van der Waals surface area contributed by atoms with Gasteiger partial charge < -0.3 is 5.32 Å². The molecule has 0 fully saturated rings. The predicted molar refractivity (Wildman–Crippen MR) is 92.3 cm³/mol. The Morgan fingerprint density at radius 1 is 1.33 bits per heavy atom. The molecular formula is C16H22N6OS. The summed E-state index contributed by atoms with van der Waals surface area (Å²) in [6.45, 7) is 7.59. The lowest BCUT2D eigenvalue weighted by Gasteiger charge is -2.27. The van der Waals surface area contributed by atoms with Gasteiger partial charge in [-0.15, -0.1) is 0 Å². The first-order valence-corrected chi connectivity index (χ1v) is 9.08. The van der Waals surface area contributed by atoms with Crippen molar-refractivity contribution in [3.63, 3.8) is 0 Å². The molecule has 3 heterocycles. The lowest BCUT2D eigenvalue weighted by Crippen LogP contribution is -2.33. The van der Waals surface area contributed by atoms with E-state index in [1.165, 1.54) is 12.6 Å². The van der Waals surface area contributed by atoms with Gasteiger partial charge in [0.1, 0.15) is 0 Å². The van der Waals surface area contributed by atoms with Crippen molar-refractivity contribution in [1.82, 2.24) is 30.0 Å². The molecule has 0 atom stereocenters. The van der Waals surface area contributed by atoms with E-state index in [0.29, 0.717) is 6.54 Å². The Morgan fingerprint density at radius 3 is 2.83 bits per heavy atom. The van der Waals surface area contributed by atoms with Crippen molar-refractivity contribution in [3.8, 4) is 0 Å². The number of rotatable bonds is 6. The zero-order valence-electron chi connectivity index (χ0n) is 14.0. The highest BCUT2D eigenvalue weighted by molar-refractivity contribution is 7.99. The van der Waals surface area contributed by atoms with Crippen molar-refractivity contribution in [2.24, 2.45) is 0 Å². The van der Waals surface area contributed by atoms with E-state index in [9.17, 15) is 4.79 Å². The second-order valence-electron chi connectivity index (χ2n) is 5.78. The van der Waals surface area contributed by atoms with Crippen LogP contribution in [0.3, 0.4) is 0 Å². The van der Waals surface area contributed by atoms with Crippen molar-refractivity contribution in [2.75, 3.05) is 12.3 Å². The van der Waals surface area contributed by atoms with Crippen molar-refractivity contribution in [2.45, 2.75) is 45.2 Å². The average Bonchev–Trinajstić information content (AvgIpc) is 2.97. The molecule has 8 heteroatoms. The quantitative estimate of drug-likeness (QED) is 0.630. The highest BCUT2D eigenvalue weighted by atomic mass is 32.2. The topological polar surface area (TPSA) is 75.9 Å². The zero-order chi connectivity index (χ0) is 16.9. The lowest BCUT2D eigenvalue weighted by molar-refractivity contribution is -0.119. The van der Waals surface area contributed by atoms with Crippen LogP contribution in [0.25, 0.3) is 0 Å². The molecule has 128 valence electrons. The minimum Gasteiger partial charge on any atom is -0.351 e. The Bertz CT molecular complexity index is 699. The number of fused-ring (bicyclic) bond motifs is 1. The maximum Gasteiger partial charge on any atom is 0.217 e. The van der Waals surface area contributed by atoms with Crippen LogP contribution in [0.1, 0.15) is 30.8 Å². The molecule has 0 bridgehead atoms. The predicted octanol–water partition coefficient (Wildman–Crippen LogP) is 1.44. The minimum atomic E-state index is -0.0349. The SMILES string of the molecule is CCSc1ncc(CN2CCn3nc(CNC(C)=O)cc3C2)cn1. The summed E-state index contributed by atoms with van der Waals surface area (Å²) in [5.74, 6) is 0.947. The molecule has 3 rings (SSSR count). The molecule has 1 aliphatic rings. The van der Waals surface area contributed by atoms with E-state index >= 15 is 0 Å². The van der Waals surface area contributed by atoms with E-state index in [0.717, 1.165) is 48.3 Å². The third-order valence-corrected chi connectivity index (χ3v) is 4.56. The maximum absolute atomic E-state index is 11.0. The first-order chi connectivity index (χ1) is 11.6. The number of nitrogens with one attached hydrogen (secondary N) is 1. The third-order valence-electron chi connectivity index (χ3n) is 3.81. The van der Waals surface area contributed by atoms with Crippen LogP contribution < -0.4 is 5.32 Å². The van der Waals surface area contributed by atoms with Crippen molar-refractivity contribution in [3.05, 3.63) is 35.4 Å². The summed E-state index contributed by atoms with van der Waals surface area (Å²) in [5.41, 5.74) is 3.22. The highest BCUT2D eigenvalue weighted by Crippen LogP contribution is 2.17. The molecule has 1 aliphatic heterocycles. The van der Waals surface area contributed by atoms with Crippen molar-refractivity contribution >= 4 is 17.7 Å². The maximum atomic E-state index is 11.0. The van der Waals surface area contributed by atoms with Crippen LogP contribution in [-0.2, 0) is 31.0 Å². The number of hydrogen-bond acceptors (Lipinski definition) is 6. The second kappa shape index (κ2) is 7.76. The minimum absolute atomic E-state index is 0.0349. The summed E-state index contributed by atoms with van der Waals surface area (Å²) < 4.78 is 2.03. The van der Waals surface area contributed by atoms with E-state index < -0.39 is 0 Å². The summed E-state index contributed by atoms with van der Waals surface area (Å²) >= 11 is 1.65. The van der Waals surface area contributed by atoms with E-state index in [-0.39, 0.29) is 5.91 Å². The number of nitrogens with zero attached hydrogens (tertiary/aromatic N) is 5. The molecule has 0 aliphatic carbocycles. The highest BCUT2D eigenvalue weighted by Gasteiger charge is 2.18. The summed E-state index contributed by atoms with van der Waals surface area (Å²) in [4.78, 5) is 22.2. The molecule has 0 unspecified atom stereocenters. The fourth-order valence-corrected chi connectivity index (χ4v) is 3.22. The number of aromatic nitrogens is 4. The van der Waals surface area contributed by atoms with Gasteiger partial charge in [-0.1, -0.05) is 18.7 Å². The van der Waals surface area contributed by atoms with E-state index in [1.807, 2.05) is 17.1 Å². The fraction of sp³-hybridized carbons (Fsp3) is 0.500. The summed E-state index contributed by atoms with van der Waals surface area (Å²) in [5, 5.41) is 8.17. The number of hydrogen-bond donors (Lipinski definition) is 1. The van der Waals surface area contributed by atoms with Gasteiger partial charge in [-0.3, -0.25) is 14.4 Å². The van der Waals surface area contributed by atoms with Gasteiger partial charge in [0.15, 0.2) is 5.16 Å². The standard InChI is InChI=1S/C16H22N6OS/c1-3-24-16-18-7-13(8-19-16)10-21-4-5-22-15(11-21)6-14(20-22)9-17-12(2)23/h6-8H,3-5,9-11H2,1-2H3,(H,17,23). The molecule has 0 radical (unpaired) electrons. The van der Waals surface area contributed by atoms with E-state index in [4.69, 9.17) is 0 Å². The van der Waals surface area contributed by atoms with Gasteiger partial charge in [0, 0.05) is 44.5 Å². The monoisotopic (exact) mass is 346 g/mol. The van der Waals surface area contributed by atoms with Crippen LogP contribution in [0.5, 0.6) is 0 Å². The van der Waals surface area contributed by atoms with Crippen LogP contribution in [0.15, 0.2) is 23.6 Å². The zero-order valence-corrected chi connectivity index (χ0v) is 14.8. The Morgan fingerprint density at radius 2 is 2.12 bits per heavy atom. The second-order valence-corrected chi connectivity index (χ2v) is 7.01. The Hall–Kier alpha value is -1.93. The van der Waals surface area contributed by atoms with Gasteiger partial charge in [0.2, 0.25) is 5.91 Å². The summed E-state index contributed by atoms with van der Waals surface area (Å²) in [6.07, 6.45) is 3.83. The third kappa shape index (κ3) is 4.33. The molecular weight excluding hydrogens is 324 g/mol. The van der Waals surface area contributed by atoms with Crippen LogP contribution in [0, 0.1) is 0 Å². The van der Waals surface area contributed by atoms with Gasteiger partial charge in [-0.25, -0.2) is 9.97 Å². The summed E-state index contributed by atoms with van der Waals surface area (Å²) in [6, 6.07) is 2.07. The first kappa shape index (κ1) is 16.9. The molecule has 1 amide bonds. The van der Waals surface area contributed by atoms with Crippen LogP contribution in [0.2, 0.25) is 0 Å².